The molecule has 2 fully saturated rings. The van der Waals surface area contributed by atoms with Crippen LogP contribution in [0.3, 0.4) is 0 Å². The van der Waals surface area contributed by atoms with Gasteiger partial charge in [0.25, 0.3) is 5.56 Å². The number of rotatable bonds is 4. The Morgan fingerprint density at radius 3 is 2.66 bits per heavy atom. The zero-order chi connectivity index (χ0) is 19.8. The van der Waals surface area contributed by atoms with Gasteiger partial charge in [-0.25, -0.2) is 4.68 Å². The second-order valence-electron chi connectivity index (χ2n) is 8.56. The molecule has 2 aromatic heterocycles. The third-order valence-corrected chi connectivity index (χ3v) is 6.51. The molecule has 7 nitrogen and oxygen atoms in total. The maximum Gasteiger partial charge on any atom is 0.253 e. The lowest BCUT2D eigenvalue weighted by Crippen LogP contribution is -2.34. The van der Waals surface area contributed by atoms with Crippen LogP contribution in [-0.4, -0.2) is 43.2 Å². The zero-order valence-corrected chi connectivity index (χ0v) is 17.0. The minimum absolute atomic E-state index is 0.0450. The van der Waals surface area contributed by atoms with E-state index in [1.165, 1.54) is 24.8 Å². The number of nitrogens with one attached hydrogen (secondary N) is 1. The Labute approximate surface area is 170 Å². The van der Waals surface area contributed by atoms with Crippen LogP contribution in [0.15, 0.2) is 29.1 Å². The highest BCUT2D eigenvalue weighted by Gasteiger charge is 2.33. The summed E-state index contributed by atoms with van der Waals surface area (Å²) in [6.07, 6.45) is 8.23. The second-order valence-corrected chi connectivity index (χ2v) is 8.56. The van der Waals surface area contributed by atoms with Gasteiger partial charge in [0.15, 0.2) is 5.82 Å². The molecule has 1 aromatic carbocycles. The molecule has 152 valence electrons. The van der Waals surface area contributed by atoms with Gasteiger partial charge in [-0.2, -0.15) is 0 Å². The number of hydrogen-bond acceptors (Lipinski definition) is 5. The number of aryl methyl sites for hydroxylation is 1. The first-order chi connectivity index (χ1) is 14.2. The molecule has 1 aliphatic carbocycles. The maximum absolute atomic E-state index is 13.1. The SMILES string of the molecule is Cc1ccc2[nH]c(=O)c([C@H](c3nnnn3C3CCCCC3)N3CCCC3)cc2c1. The first-order valence-corrected chi connectivity index (χ1v) is 10.9. The fourth-order valence-electron chi connectivity index (χ4n) is 5.01. The van der Waals surface area contributed by atoms with E-state index in [-0.39, 0.29) is 11.6 Å². The fourth-order valence-corrected chi connectivity index (χ4v) is 5.01. The summed E-state index contributed by atoms with van der Waals surface area (Å²) in [7, 11) is 0. The van der Waals surface area contributed by atoms with E-state index < -0.39 is 0 Å². The first kappa shape index (κ1) is 18.5. The molecular weight excluding hydrogens is 364 g/mol. The highest BCUT2D eigenvalue weighted by atomic mass is 16.1. The predicted octanol–water partition coefficient (Wildman–Crippen LogP) is 3.51. The van der Waals surface area contributed by atoms with Gasteiger partial charge in [-0.3, -0.25) is 9.69 Å². The van der Waals surface area contributed by atoms with Crippen molar-refractivity contribution in [3.63, 3.8) is 0 Å². The van der Waals surface area contributed by atoms with Crippen molar-refractivity contribution < 1.29 is 0 Å². The van der Waals surface area contributed by atoms with Gasteiger partial charge in [0, 0.05) is 11.1 Å². The summed E-state index contributed by atoms with van der Waals surface area (Å²) in [6, 6.07) is 8.31. The van der Waals surface area contributed by atoms with Gasteiger partial charge in [0.1, 0.15) is 6.04 Å². The van der Waals surface area contributed by atoms with Gasteiger partial charge in [-0.1, -0.05) is 30.9 Å². The van der Waals surface area contributed by atoms with E-state index >= 15 is 0 Å². The summed E-state index contributed by atoms with van der Waals surface area (Å²) in [4.78, 5) is 18.6. The molecule has 0 bridgehead atoms. The van der Waals surface area contributed by atoms with E-state index in [1.807, 2.05) is 22.9 Å². The molecule has 0 radical (unpaired) electrons. The molecule has 0 unspecified atom stereocenters. The largest absolute Gasteiger partial charge is 0.322 e. The molecule has 1 saturated heterocycles. The normalized spacial score (nSPS) is 19.8. The van der Waals surface area contributed by atoms with E-state index in [0.717, 1.165) is 61.1 Å². The van der Waals surface area contributed by atoms with Crippen LogP contribution in [0.25, 0.3) is 10.9 Å². The molecule has 0 amide bonds. The van der Waals surface area contributed by atoms with E-state index in [0.29, 0.717) is 6.04 Å². The Morgan fingerprint density at radius 2 is 1.86 bits per heavy atom. The number of aromatic amines is 1. The maximum atomic E-state index is 13.1. The average Bonchev–Trinajstić information content (AvgIpc) is 3.42. The third kappa shape index (κ3) is 3.48. The average molecular weight is 393 g/mol. The quantitative estimate of drug-likeness (QED) is 0.735. The van der Waals surface area contributed by atoms with Crippen molar-refractivity contribution in [3.8, 4) is 0 Å². The van der Waals surface area contributed by atoms with E-state index in [1.54, 1.807) is 0 Å². The number of H-pyrrole nitrogens is 1. The molecule has 7 heteroatoms. The minimum atomic E-state index is -0.205. The Bertz CT molecular complexity index is 1060. The van der Waals surface area contributed by atoms with Crippen molar-refractivity contribution in [3.05, 3.63) is 51.6 Å². The summed E-state index contributed by atoms with van der Waals surface area (Å²) in [5.41, 5.74) is 2.75. The number of fused-ring (bicyclic) bond motifs is 1. The number of pyridine rings is 1. The summed E-state index contributed by atoms with van der Waals surface area (Å²) in [5, 5.41) is 13.9. The zero-order valence-electron chi connectivity index (χ0n) is 17.0. The summed E-state index contributed by atoms with van der Waals surface area (Å²) >= 11 is 0. The Balaban J connectivity index is 1.64. The molecule has 3 heterocycles. The third-order valence-electron chi connectivity index (χ3n) is 6.51. The van der Waals surface area contributed by atoms with Gasteiger partial charge in [0.05, 0.1) is 6.04 Å². The monoisotopic (exact) mass is 392 g/mol. The van der Waals surface area contributed by atoms with Crippen molar-refractivity contribution in [2.24, 2.45) is 0 Å². The van der Waals surface area contributed by atoms with Crippen LogP contribution in [0, 0.1) is 6.92 Å². The minimum Gasteiger partial charge on any atom is -0.322 e. The number of benzene rings is 1. The Kier molecular flexibility index (Phi) is 4.91. The molecule has 5 rings (SSSR count). The van der Waals surface area contributed by atoms with Gasteiger partial charge < -0.3 is 4.98 Å². The van der Waals surface area contributed by atoms with Gasteiger partial charge >= 0.3 is 0 Å². The van der Waals surface area contributed by atoms with Crippen LogP contribution in [0.2, 0.25) is 0 Å². The number of tetrazole rings is 1. The van der Waals surface area contributed by atoms with Crippen molar-refractivity contribution in [2.45, 2.75) is 64.0 Å². The highest BCUT2D eigenvalue weighted by Crippen LogP contribution is 2.34. The van der Waals surface area contributed by atoms with Crippen molar-refractivity contribution in [2.75, 3.05) is 13.1 Å². The van der Waals surface area contributed by atoms with Crippen LogP contribution in [0.1, 0.15) is 74.0 Å². The molecular formula is C22H28N6O. The Hall–Kier alpha value is -2.54. The molecule has 1 aliphatic heterocycles. The Morgan fingerprint density at radius 1 is 1.07 bits per heavy atom. The standard InChI is InChI=1S/C22H28N6O/c1-15-9-10-19-16(13-15)14-18(22(29)23-19)20(27-11-5-6-12-27)21-24-25-26-28(21)17-7-3-2-4-8-17/h9-10,13-14,17,20H,2-8,11-12H2,1H3,(H,23,29)/t20-/m1/s1. The van der Waals surface area contributed by atoms with Crippen LogP contribution >= 0.6 is 0 Å². The number of aromatic nitrogens is 5. The van der Waals surface area contributed by atoms with E-state index in [9.17, 15) is 4.79 Å². The first-order valence-electron chi connectivity index (χ1n) is 10.9. The lowest BCUT2D eigenvalue weighted by Gasteiger charge is -2.29. The van der Waals surface area contributed by atoms with E-state index in [4.69, 9.17) is 0 Å². The predicted molar refractivity (Wildman–Crippen MR) is 112 cm³/mol. The molecule has 1 saturated carbocycles. The summed E-state index contributed by atoms with van der Waals surface area (Å²) in [6.45, 7) is 4.01. The lowest BCUT2D eigenvalue weighted by molar-refractivity contribution is 0.243. The van der Waals surface area contributed by atoms with Gasteiger partial charge in [-0.05, 0) is 79.7 Å². The highest BCUT2D eigenvalue weighted by molar-refractivity contribution is 5.79. The molecule has 1 atom stereocenters. The summed E-state index contributed by atoms with van der Waals surface area (Å²) < 4.78 is 2.02. The van der Waals surface area contributed by atoms with Gasteiger partial charge in [0.2, 0.25) is 0 Å². The smallest absolute Gasteiger partial charge is 0.253 e. The lowest BCUT2D eigenvalue weighted by atomic mass is 9.95. The van der Waals surface area contributed by atoms with Crippen molar-refractivity contribution in [1.82, 2.24) is 30.1 Å². The molecule has 29 heavy (non-hydrogen) atoms. The van der Waals surface area contributed by atoms with Gasteiger partial charge in [-0.15, -0.1) is 5.10 Å². The number of hydrogen-bond donors (Lipinski definition) is 1. The molecule has 1 N–H and O–H groups in total. The molecule has 2 aliphatic rings. The fraction of sp³-hybridized carbons (Fsp3) is 0.545. The van der Waals surface area contributed by atoms with Crippen LogP contribution in [-0.2, 0) is 0 Å². The van der Waals surface area contributed by atoms with E-state index in [2.05, 4.69) is 38.4 Å². The van der Waals surface area contributed by atoms with Crippen molar-refractivity contribution >= 4 is 10.9 Å². The number of nitrogens with zero attached hydrogens (tertiary/aromatic N) is 5. The topological polar surface area (TPSA) is 79.7 Å². The van der Waals surface area contributed by atoms with Crippen LogP contribution in [0.5, 0.6) is 0 Å². The van der Waals surface area contributed by atoms with Crippen LogP contribution in [0.4, 0.5) is 0 Å². The molecule has 3 aromatic rings. The van der Waals surface area contributed by atoms with Crippen LogP contribution < -0.4 is 5.56 Å². The number of likely N-dealkylation sites (tertiary alicyclic amines) is 1. The summed E-state index contributed by atoms with van der Waals surface area (Å²) in [5.74, 6) is 0.816. The second kappa shape index (κ2) is 7.71. The molecule has 0 spiro atoms. The van der Waals surface area contributed by atoms with Crippen molar-refractivity contribution in [1.29, 1.82) is 0 Å².